The third-order valence-corrected chi connectivity index (χ3v) is 4.03. The molecule has 0 atom stereocenters. The van der Waals surface area contributed by atoms with E-state index >= 15 is 0 Å². The van der Waals surface area contributed by atoms with Gasteiger partial charge in [0.15, 0.2) is 17.8 Å². The van der Waals surface area contributed by atoms with Crippen molar-refractivity contribution in [2.24, 2.45) is 0 Å². The van der Waals surface area contributed by atoms with Gasteiger partial charge >= 0.3 is 0 Å². The molecule has 5 nitrogen and oxygen atoms in total. The Balaban J connectivity index is 1.53. The first-order valence-electron chi connectivity index (χ1n) is 8.04. The van der Waals surface area contributed by atoms with Crippen LogP contribution < -0.4 is 5.32 Å². The maximum atomic E-state index is 12.4. The van der Waals surface area contributed by atoms with Gasteiger partial charge in [-0.2, -0.15) is 0 Å². The normalized spacial score (nSPS) is 10.9. The fourth-order valence-corrected chi connectivity index (χ4v) is 2.78. The van der Waals surface area contributed by atoms with Gasteiger partial charge in [0.05, 0.1) is 6.26 Å². The van der Waals surface area contributed by atoms with Crippen LogP contribution >= 0.6 is 0 Å². The number of aromatic nitrogens is 1. The highest BCUT2D eigenvalue weighted by atomic mass is 16.3. The van der Waals surface area contributed by atoms with E-state index in [0.29, 0.717) is 18.7 Å². The van der Waals surface area contributed by atoms with E-state index in [1.807, 2.05) is 54.6 Å². The van der Waals surface area contributed by atoms with Gasteiger partial charge in [-0.15, -0.1) is 0 Å². The smallest absolute Gasteiger partial charge is 0.273 e. The summed E-state index contributed by atoms with van der Waals surface area (Å²) in [7, 11) is 0. The second-order valence-corrected chi connectivity index (χ2v) is 5.68. The topological polar surface area (TPSA) is 68.3 Å². The number of hydrogen-bond donors (Lipinski definition) is 1. The maximum absolute atomic E-state index is 12.4. The summed E-state index contributed by atoms with van der Waals surface area (Å²) in [6, 6.07) is 17.7. The van der Waals surface area contributed by atoms with Crippen molar-refractivity contribution >= 4 is 16.7 Å². The molecule has 0 radical (unpaired) electrons. The van der Waals surface area contributed by atoms with E-state index < -0.39 is 0 Å². The van der Waals surface area contributed by atoms with Gasteiger partial charge in [0, 0.05) is 18.5 Å². The number of nitrogens with one attached hydrogen (secondary N) is 1. The van der Waals surface area contributed by atoms with Crippen molar-refractivity contribution in [2.75, 3.05) is 6.54 Å². The highest BCUT2D eigenvalue weighted by molar-refractivity contribution is 5.98. The second kappa shape index (κ2) is 6.65. The van der Waals surface area contributed by atoms with Gasteiger partial charge in [-0.25, -0.2) is 4.98 Å². The van der Waals surface area contributed by atoms with Crippen LogP contribution in [0, 0.1) is 0 Å². The molecular weight excluding hydrogens is 316 g/mol. The molecule has 4 rings (SSSR count). The first-order valence-corrected chi connectivity index (χ1v) is 8.04. The van der Waals surface area contributed by atoms with Crippen LogP contribution in [0.5, 0.6) is 0 Å². The summed E-state index contributed by atoms with van der Waals surface area (Å²) in [6.07, 6.45) is 3.54. The van der Waals surface area contributed by atoms with Gasteiger partial charge in [0.2, 0.25) is 0 Å². The fraction of sp³-hybridized carbons (Fsp3) is 0.100. The zero-order valence-electron chi connectivity index (χ0n) is 13.4. The average Bonchev–Trinajstić information content (AvgIpc) is 3.33. The van der Waals surface area contributed by atoms with E-state index in [1.54, 1.807) is 6.26 Å². The molecule has 5 heteroatoms. The van der Waals surface area contributed by atoms with E-state index in [1.165, 1.54) is 6.39 Å². The maximum Gasteiger partial charge on any atom is 0.273 e. The molecule has 25 heavy (non-hydrogen) atoms. The number of hydrogen-bond acceptors (Lipinski definition) is 4. The first-order chi connectivity index (χ1) is 12.3. The number of rotatable bonds is 5. The zero-order chi connectivity index (χ0) is 17.1. The molecule has 124 valence electrons. The number of nitrogens with zero attached hydrogens (tertiary/aromatic N) is 1. The van der Waals surface area contributed by atoms with Crippen LogP contribution in [0.4, 0.5) is 0 Å². The Kier molecular flexibility index (Phi) is 4.04. The summed E-state index contributed by atoms with van der Waals surface area (Å²) in [5.74, 6) is 1.04. The van der Waals surface area contributed by atoms with Crippen molar-refractivity contribution in [3.05, 3.63) is 78.7 Å². The molecule has 0 bridgehead atoms. The molecule has 0 saturated carbocycles. The van der Waals surface area contributed by atoms with Gasteiger partial charge in [0.1, 0.15) is 5.76 Å². The van der Waals surface area contributed by atoms with E-state index in [9.17, 15) is 4.79 Å². The van der Waals surface area contributed by atoms with Gasteiger partial charge in [0.25, 0.3) is 5.91 Å². The summed E-state index contributed by atoms with van der Waals surface area (Å²) in [6.45, 7) is 0.469. The lowest BCUT2D eigenvalue weighted by atomic mass is 10.0. The zero-order valence-corrected chi connectivity index (χ0v) is 13.4. The molecule has 0 aliphatic heterocycles. The van der Waals surface area contributed by atoms with E-state index in [2.05, 4.69) is 10.3 Å². The Morgan fingerprint density at radius 2 is 1.88 bits per heavy atom. The van der Waals surface area contributed by atoms with E-state index in [-0.39, 0.29) is 11.6 Å². The number of carbonyl (C=O) groups excluding carboxylic acids is 1. The summed E-state index contributed by atoms with van der Waals surface area (Å²) in [5, 5.41) is 5.07. The highest BCUT2D eigenvalue weighted by Gasteiger charge is 2.18. The van der Waals surface area contributed by atoms with E-state index in [0.717, 1.165) is 22.1 Å². The lowest BCUT2D eigenvalue weighted by Crippen LogP contribution is -2.26. The average molecular weight is 332 g/mol. The number of furan rings is 1. The quantitative estimate of drug-likeness (QED) is 0.598. The van der Waals surface area contributed by atoms with Gasteiger partial charge in [-0.3, -0.25) is 4.79 Å². The highest BCUT2D eigenvalue weighted by Crippen LogP contribution is 2.26. The molecule has 0 fully saturated rings. The Hall–Kier alpha value is -3.34. The minimum atomic E-state index is -0.261. The molecule has 0 aliphatic rings. The standard InChI is InChI=1S/C20H16N2O3/c23-20(21-10-9-17-6-3-11-24-17)18-19(25-13-22-18)16-8-7-14-4-1-2-5-15(14)12-16/h1-8,11-13H,9-10H2,(H,21,23). The Labute approximate surface area is 144 Å². The summed E-state index contributed by atoms with van der Waals surface area (Å²) in [5.41, 5.74) is 1.11. The first kappa shape index (κ1) is 15.2. The minimum absolute atomic E-state index is 0.261. The van der Waals surface area contributed by atoms with Crippen LogP contribution in [0.15, 0.2) is 76.1 Å². The lowest BCUT2D eigenvalue weighted by molar-refractivity contribution is 0.0949. The number of benzene rings is 2. The Bertz CT molecular complexity index is 1000. The van der Waals surface area contributed by atoms with Crippen molar-refractivity contribution in [1.82, 2.24) is 10.3 Å². The van der Waals surface area contributed by atoms with Crippen LogP contribution in [0.3, 0.4) is 0 Å². The minimum Gasteiger partial charge on any atom is -0.469 e. The van der Waals surface area contributed by atoms with Gasteiger partial charge < -0.3 is 14.2 Å². The van der Waals surface area contributed by atoms with Crippen LogP contribution in [-0.4, -0.2) is 17.4 Å². The number of carbonyl (C=O) groups is 1. The molecule has 0 saturated heterocycles. The summed E-state index contributed by atoms with van der Waals surface area (Å²) >= 11 is 0. The summed E-state index contributed by atoms with van der Waals surface area (Å²) in [4.78, 5) is 16.5. The predicted molar refractivity (Wildman–Crippen MR) is 94.2 cm³/mol. The Morgan fingerprint density at radius 3 is 2.72 bits per heavy atom. The molecule has 0 aliphatic carbocycles. The number of fused-ring (bicyclic) bond motifs is 1. The molecule has 0 spiro atoms. The molecule has 1 amide bonds. The Morgan fingerprint density at radius 1 is 1.00 bits per heavy atom. The van der Waals surface area contributed by atoms with Crippen molar-refractivity contribution in [3.63, 3.8) is 0 Å². The van der Waals surface area contributed by atoms with Gasteiger partial charge in [-0.05, 0) is 29.0 Å². The number of oxazole rings is 1. The van der Waals surface area contributed by atoms with Crippen LogP contribution in [-0.2, 0) is 6.42 Å². The third-order valence-electron chi connectivity index (χ3n) is 4.03. The fourth-order valence-electron chi connectivity index (χ4n) is 2.78. The number of amides is 1. The predicted octanol–water partition coefficient (Wildman–Crippen LogP) is 4.06. The molecule has 0 unspecified atom stereocenters. The SMILES string of the molecule is O=C(NCCc1ccco1)c1ncoc1-c1ccc2ccccc2c1. The van der Waals surface area contributed by atoms with Crippen molar-refractivity contribution in [3.8, 4) is 11.3 Å². The molecule has 2 heterocycles. The molecule has 2 aromatic carbocycles. The van der Waals surface area contributed by atoms with Crippen LogP contribution in [0.1, 0.15) is 16.2 Å². The second-order valence-electron chi connectivity index (χ2n) is 5.68. The third kappa shape index (κ3) is 3.17. The van der Waals surface area contributed by atoms with Crippen molar-refractivity contribution in [1.29, 1.82) is 0 Å². The van der Waals surface area contributed by atoms with Crippen LogP contribution in [0.2, 0.25) is 0 Å². The molecule has 2 aromatic heterocycles. The van der Waals surface area contributed by atoms with Crippen LogP contribution in [0.25, 0.3) is 22.1 Å². The van der Waals surface area contributed by atoms with E-state index in [4.69, 9.17) is 8.83 Å². The lowest BCUT2D eigenvalue weighted by Gasteiger charge is -2.05. The van der Waals surface area contributed by atoms with Crippen molar-refractivity contribution < 1.29 is 13.6 Å². The molecule has 4 aromatic rings. The monoisotopic (exact) mass is 332 g/mol. The summed E-state index contributed by atoms with van der Waals surface area (Å²) < 4.78 is 10.7. The van der Waals surface area contributed by atoms with Gasteiger partial charge in [-0.1, -0.05) is 36.4 Å². The largest absolute Gasteiger partial charge is 0.469 e. The van der Waals surface area contributed by atoms with Crippen molar-refractivity contribution in [2.45, 2.75) is 6.42 Å². The molecule has 1 N–H and O–H groups in total. The molecular formula is C20H16N2O3.